The number of carbonyl (C=O) groups excluding carboxylic acids is 1. The Balaban J connectivity index is 2.09. The first-order valence-corrected chi connectivity index (χ1v) is 7.79. The summed E-state index contributed by atoms with van der Waals surface area (Å²) in [7, 11) is 0. The fourth-order valence-electron chi connectivity index (χ4n) is 2.36. The summed E-state index contributed by atoms with van der Waals surface area (Å²) < 4.78 is -0.355. The molecule has 1 heterocycles. The van der Waals surface area contributed by atoms with E-state index in [1.165, 1.54) is 6.07 Å². The summed E-state index contributed by atoms with van der Waals surface area (Å²) in [5.74, 6) is 0.0660. The number of rotatable bonds is 2. The molecule has 1 N–H and O–H groups in total. The molecule has 1 fully saturated rings. The molecule has 1 aliphatic rings. The lowest BCUT2D eigenvalue weighted by molar-refractivity contribution is 0.0716. The molecule has 0 aromatic heterocycles. The van der Waals surface area contributed by atoms with E-state index in [0.29, 0.717) is 31.5 Å². The van der Waals surface area contributed by atoms with Gasteiger partial charge in [0.2, 0.25) is 0 Å². The van der Waals surface area contributed by atoms with E-state index in [-0.39, 0.29) is 16.4 Å². The predicted molar refractivity (Wildman–Crippen MR) is 79.8 cm³/mol. The summed E-state index contributed by atoms with van der Waals surface area (Å²) >= 11 is 1.57. The number of aromatic hydroxyl groups is 1. The Hall–Kier alpha value is -1.67. The Morgan fingerprint density at radius 1 is 1.45 bits per heavy atom. The van der Waals surface area contributed by atoms with Gasteiger partial charge in [-0.2, -0.15) is 5.26 Å². The van der Waals surface area contributed by atoms with Gasteiger partial charge in [-0.25, -0.2) is 0 Å². The molecule has 1 saturated heterocycles. The number of thioether (sulfide) groups is 1. The molecule has 0 bridgehead atoms. The summed E-state index contributed by atoms with van der Waals surface area (Å²) in [4.78, 5) is 14.1. The normalized spacial score (nSPS) is 17.6. The highest BCUT2D eigenvalue weighted by atomic mass is 32.2. The van der Waals surface area contributed by atoms with Gasteiger partial charge in [-0.3, -0.25) is 4.79 Å². The van der Waals surface area contributed by atoms with Gasteiger partial charge in [0.05, 0.1) is 6.07 Å². The Morgan fingerprint density at radius 3 is 2.60 bits per heavy atom. The topological polar surface area (TPSA) is 64.3 Å². The molecular formula is C15H18N2O2S. The van der Waals surface area contributed by atoms with Crippen molar-refractivity contribution in [1.29, 1.82) is 5.26 Å². The minimum Gasteiger partial charge on any atom is -0.508 e. The second kappa shape index (κ2) is 5.76. The number of nitriles is 1. The quantitative estimate of drug-likeness (QED) is 0.909. The molecule has 2 rings (SSSR count). The van der Waals surface area contributed by atoms with Gasteiger partial charge in [0, 0.05) is 18.7 Å². The van der Waals surface area contributed by atoms with E-state index in [2.05, 4.69) is 6.07 Å². The lowest BCUT2D eigenvalue weighted by atomic mass is 9.96. The maximum atomic E-state index is 12.4. The van der Waals surface area contributed by atoms with Crippen molar-refractivity contribution in [3.63, 3.8) is 0 Å². The fourth-order valence-corrected chi connectivity index (χ4v) is 3.04. The molecule has 1 amide bonds. The fraction of sp³-hybridized carbons (Fsp3) is 0.467. The lowest BCUT2D eigenvalue weighted by Crippen LogP contribution is -2.44. The van der Waals surface area contributed by atoms with Crippen molar-refractivity contribution in [2.75, 3.05) is 19.3 Å². The van der Waals surface area contributed by atoms with Crippen LogP contribution < -0.4 is 0 Å². The second-order valence-electron chi connectivity index (χ2n) is 5.10. The highest BCUT2D eigenvalue weighted by Gasteiger charge is 2.35. The molecule has 106 valence electrons. The molecule has 0 saturated carbocycles. The molecular weight excluding hydrogens is 272 g/mol. The minimum atomic E-state index is -0.355. The number of phenolic OH excluding ortho intramolecular Hbond substituents is 1. The molecule has 5 heteroatoms. The van der Waals surface area contributed by atoms with Gasteiger partial charge < -0.3 is 10.0 Å². The van der Waals surface area contributed by atoms with E-state index >= 15 is 0 Å². The number of likely N-dealkylation sites (tertiary alicyclic amines) is 1. The molecule has 20 heavy (non-hydrogen) atoms. The standard InChI is InChI=1S/C15H18N2O2S/c1-11-3-4-12(9-13(11)18)14(19)17-7-5-15(10-16,20-2)6-8-17/h3-4,9,18H,5-8H2,1-2H3. The average Bonchev–Trinajstić information content (AvgIpc) is 2.49. The van der Waals surface area contributed by atoms with E-state index in [1.807, 2.05) is 6.26 Å². The van der Waals surface area contributed by atoms with Gasteiger partial charge >= 0.3 is 0 Å². The number of hydrogen-bond acceptors (Lipinski definition) is 4. The minimum absolute atomic E-state index is 0.0760. The third-order valence-corrected chi connectivity index (χ3v) is 5.19. The lowest BCUT2D eigenvalue weighted by Gasteiger charge is -2.36. The number of phenols is 1. The van der Waals surface area contributed by atoms with Crippen LogP contribution in [0.5, 0.6) is 5.75 Å². The van der Waals surface area contributed by atoms with Crippen molar-refractivity contribution in [2.45, 2.75) is 24.5 Å². The van der Waals surface area contributed by atoms with Crippen LogP contribution in [0.15, 0.2) is 18.2 Å². The third kappa shape index (κ3) is 2.75. The summed E-state index contributed by atoms with van der Waals surface area (Å²) in [6.45, 7) is 2.97. The second-order valence-corrected chi connectivity index (χ2v) is 6.29. The van der Waals surface area contributed by atoms with Crippen LogP contribution >= 0.6 is 11.8 Å². The number of amides is 1. The third-order valence-electron chi connectivity index (χ3n) is 3.91. The number of carbonyl (C=O) groups is 1. The van der Waals surface area contributed by atoms with Gasteiger partial charge in [-0.1, -0.05) is 6.07 Å². The molecule has 0 unspecified atom stereocenters. The van der Waals surface area contributed by atoms with E-state index in [9.17, 15) is 15.2 Å². The molecule has 1 aromatic rings. The summed E-state index contributed by atoms with van der Waals surface area (Å²) in [5.41, 5.74) is 1.26. The van der Waals surface area contributed by atoms with Gasteiger partial charge in [0.25, 0.3) is 5.91 Å². The number of aryl methyl sites for hydroxylation is 1. The molecule has 1 aliphatic heterocycles. The summed E-state index contributed by atoms with van der Waals surface area (Å²) in [6.07, 6.45) is 3.32. The zero-order valence-corrected chi connectivity index (χ0v) is 12.5. The molecule has 1 aromatic carbocycles. The van der Waals surface area contributed by atoms with E-state index in [4.69, 9.17) is 0 Å². The van der Waals surface area contributed by atoms with Crippen molar-refractivity contribution >= 4 is 17.7 Å². The van der Waals surface area contributed by atoms with Crippen LogP contribution in [0, 0.1) is 18.3 Å². The molecule has 0 spiro atoms. The van der Waals surface area contributed by atoms with E-state index < -0.39 is 0 Å². The summed E-state index contributed by atoms with van der Waals surface area (Å²) in [6, 6.07) is 7.36. The molecule has 4 nitrogen and oxygen atoms in total. The van der Waals surface area contributed by atoms with Gasteiger partial charge in [0.15, 0.2) is 0 Å². The molecule has 0 atom stereocenters. The van der Waals surface area contributed by atoms with Gasteiger partial charge in [-0.05, 0) is 43.7 Å². The highest BCUT2D eigenvalue weighted by Crippen LogP contribution is 2.34. The van der Waals surface area contributed by atoms with Crippen LogP contribution in [-0.4, -0.2) is 40.0 Å². The zero-order valence-electron chi connectivity index (χ0n) is 11.7. The number of hydrogen-bond donors (Lipinski definition) is 1. The van der Waals surface area contributed by atoms with Crippen LogP contribution in [0.25, 0.3) is 0 Å². The van der Waals surface area contributed by atoms with E-state index in [1.54, 1.807) is 35.7 Å². The van der Waals surface area contributed by atoms with E-state index in [0.717, 1.165) is 5.56 Å². The Morgan fingerprint density at radius 2 is 2.10 bits per heavy atom. The highest BCUT2D eigenvalue weighted by molar-refractivity contribution is 8.00. The number of benzene rings is 1. The number of nitrogens with zero attached hydrogens (tertiary/aromatic N) is 2. The first-order valence-electron chi connectivity index (χ1n) is 6.56. The van der Waals surface area contributed by atoms with Gasteiger partial charge in [0.1, 0.15) is 10.5 Å². The Labute approximate surface area is 123 Å². The predicted octanol–water partition coefficient (Wildman–Crippen LogP) is 2.56. The smallest absolute Gasteiger partial charge is 0.253 e. The van der Waals surface area contributed by atoms with Gasteiger partial charge in [-0.15, -0.1) is 11.8 Å². The van der Waals surface area contributed by atoms with Crippen LogP contribution in [0.4, 0.5) is 0 Å². The van der Waals surface area contributed by atoms with Crippen molar-refractivity contribution in [1.82, 2.24) is 4.90 Å². The maximum absolute atomic E-state index is 12.4. The maximum Gasteiger partial charge on any atom is 0.253 e. The van der Waals surface area contributed by atoms with Crippen molar-refractivity contribution < 1.29 is 9.90 Å². The van der Waals surface area contributed by atoms with Crippen LogP contribution in [0.3, 0.4) is 0 Å². The van der Waals surface area contributed by atoms with Crippen molar-refractivity contribution in [3.8, 4) is 11.8 Å². The van der Waals surface area contributed by atoms with Crippen molar-refractivity contribution in [3.05, 3.63) is 29.3 Å². The SMILES string of the molecule is CSC1(C#N)CCN(C(=O)c2ccc(C)c(O)c2)CC1. The Kier molecular flexibility index (Phi) is 4.24. The number of piperidine rings is 1. The molecule has 0 radical (unpaired) electrons. The molecule has 0 aliphatic carbocycles. The van der Waals surface area contributed by atoms with Crippen LogP contribution in [-0.2, 0) is 0 Å². The van der Waals surface area contributed by atoms with Crippen LogP contribution in [0.1, 0.15) is 28.8 Å². The van der Waals surface area contributed by atoms with Crippen LogP contribution in [0.2, 0.25) is 0 Å². The average molecular weight is 290 g/mol. The first-order chi connectivity index (χ1) is 9.51. The summed E-state index contributed by atoms with van der Waals surface area (Å²) in [5, 5.41) is 18.9. The Bertz CT molecular complexity index is 557. The largest absolute Gasteiger partial charge is 0.508 e. The monoisotopic (exact) mass is 290 g/mol. The first kappa shape index (κ1) is 14.7. The van der Waals surface area contributed by atoms with Crippen molar-refractivity contribution in [2.24, 2.45) is 0 Å². The zero-order chi connectivity index (χ0) is 14.8.